The van der Waals surface area contributed by atoms with Gasteiger partial charge < -0.3 is 19.9 Å². The summed E-state index contributed by atoms with van der Waals surface area (Å²) in [5.74, 6) is -0.537. The van der Waals surface area contributed by atoms with Crippen LogP contribution in [-0.2, 0) is 24.6 Å². The minimum absolute atomic E-state index is 0.0140. The van der Waals surface area contributed by atoms with Crippen molar-refractivity contribution in [3.63, 3.8) is 0 Å². The van der Waals surface area contributed by atoms with Crippen molar-refractivity contribution < 1.29 is 23.8 Å². The molecule has 3 aromatic rings. The summed E-state index contributed by atoms with van der Waals surface area (Å²) in [6.07, 6.45) is 4.39. The van der Waals surface area contributed by atoms with Crippen molar-refractivity contribution in [2.45, 2.75) is 31.4 Å². The van der Waals surface area contributed by atoms with E-state index in [-0.39, 0.29) is 12.2 Å². The lowest BCUT2D eigenvalue weighted by molar-refractivity contribution is -0.0261. The zero-order valence-electron chi connectivity index (χ0n) is 18.4. The quantitative estimate of drug-likeness (QED) is 0.623. The third-order valence-electron chi connectivity index (χ3n) is 6.26. The average Bonchev–Trinajstić information content (AvgIpc) is 3.47. The second-order valence-corrected chi connectivity index (χ2v) is 8.59. The summed E-state index contributed by atoms with van der Waals surface area (Å²) in [4.78, 5) is 12.9. The molecule has 5 rings (SSSR count). The predicted molar refractivity (Wildman–Crippen MR) is 120 cm³/mol. The van der Waals surface area contributed by atoms with Crippen LogP contribution in [0.3, 0.4) is 0 Å². The minimum atomic E-state index is -0.804. The highest BCUT2D eigenvalue weighted by Crippen LogP contribution is 2.35. The fourth-order valence-electron chi connectivity index (χ4n) is 4.46. The Bertz CT molecular complexity index is 1180. The number of aromatic nitrogens is 2. The second-order valence-electron chi connectivity index (χ2n) is 8.59. The number of hydrogen-bond acceptors (Lipinski definition) is 5. The van der Waals surface area contributed by atoms with E-state index in [1.807, 2.05) is 43.7 Å². The molecule has 2 aliphatic rings. The van der Waals surface area contributed by atoms with E-state index in [9.17, 15) is 9.90 Å². The molecule has 1 aromatic heterocycles. The lowest BCUT2D eigenvalue weighted by Crippen LogP contribution is -2.48. The molecule has 0 spiro atoms. The predicted octanol–water partition coefficient (Wildman–Crippen LogP) is 2.63. The number of rotatable bonds is 5. The highest BCUT2D eigenvalue weighted by molar-refractivity contribution is 5.95. The van der Waals surface area contributed by atoms with Crippen LogP contribution in [0.2, 0.25) is 0 Å². The minimum Gasteiger partial charge on any atom is -0.493 e. The lowest BCUT2D eigenvalue weighted by Gasteiger charge is -2.28. The lowest BCUT2D eigenvalue weighted by atomic mass is 9.95. The van der Waals surface area contributed by atoms with E-state index in [0.29, 0.717) is 43.8 Å². The molecular formula is C25H26FN3O4. The number of carbonyl (C=O) groups excluding carboxylic acids is 1. The molecule has 2 N–H and O–H groups in total. The number of aliphatic hydroxyl groups is 1. The van der Waals surface area contributed by atoms with Crippen molar-refractivity contribution in [1.29, 1.82) is 0 Å². The van der Waals surface area contributed by atoms with E-state index < -0.39 is 23.9 Å². The first kappa shape index (κ1) is 21.6. The third-order valence-corrected chi connectivity index (χ3v) is 6.26. The largest absolute Gasteiger partial charge is 0.493 e. The number of carbonyl (C=O) groups is 1. The normalized spacial score (nSPS) is 19.7. The molecular weight excluding hydrogens is 425 g/mol. The molecule has 172 valence electrons. The summed E-state index contributed by atoms with van der Waals surface area (Å²) in [7, 11) is 1.88. The maximum absolute atomic E-state index is 15.2. The van der Waals surface area contributed by atoms with Gasteiger partial charge in [0.05, 0.1) is 37.1 Å². The molecule has 0 radical (unpaired) electrons. The van der Waals surface area contributed by atoms with Gasteiger partial charge in [-0.25, -0.2) is 4.39 Å². The van der Waals surface area contributed by atoms with Crippen molar-refractivity contribution in [1.82, 2.24) is 15.1 Å². The van der Waals surface area contributed by atoms with Gasteiger partial charge in [0, 0.05) is 43.8 Å². The molecule has 1 saturated heterocycles. The summed E-state index contributed by atoms with van der Waals surface area (Å²) in [5, 5.41) is 17.1. The monoisotopic (exact) mass is 451 g/mol. The Morgan fingerprint density at radius 3 is 2.82 bits per heavy atom. The van der Waals surface area contributed by atoms with Crippen LogP contribution in [0.1, 0.15) is 33.5 Å². The van der Waals surface area contributed by atoms with Crippen LogP contribution in [0.4, 0.5) is 4.39 Å². The number of nitrogens with one attached hydrogen (secondary N) is 1. The molecule has 2 aliphatic heterocycles. The Balaban J connectivity index is 1.40. The van der Waals surface area contributed by atoms with E-state index in [0.717, 1.165) is 22.3 Å². The summed E-state index contributed by atoms with van der Waals surface area (Å²) in [6, 6.07) is 9.21. The Labute approximate surface area is 191 Å². The first-order valence-electron chi connectivity index (χ1n) is 11.1. The standard InChI is InChI=1S/C25H26FN3O4/c1-29-13-18(12-27-29)16-4-2-15(3-5-16)10-17-11-20(23(26)19-6-9-33-24(17)19)25(31)28-21-7-8-32-14-22(21)30/h2-5,11-13,21-22,30H,6-10,14H2,1H3,(H,28,31)/t21-,22-/m0/s1. The van der Waals surface area contributed by atoms with Crippen LogP contribution in [0, 0.1) is 5.82 Å². The zero-order valence-corrected chi connectivity index (χ0v) is 18.4. The van der Waals surface area contributed by atoms with Crippen LogP contribution in [0.25, 0.3) is 11.1 Å². The summed E-state index contributed by atoms with van der Waals surface area (Å²) in [5.41, 5.74) is 4.32. The van der Waals surface area contributed by atoms with Crippen molar-refractivity contribution in [2.75, 3.05) is 19.8 Å². The van der Waals surface area contributed by atoms with Gasteiger partial charge >= 0.3 is 0 Å². The van der Waals surface area contributed by atoms with Gasteiger partial charge in [-0.3, -0.25) is 9.48 Å². The van der Waals surface area contributed by atoms with Crippen molar-refractivity contribution in [2.24, 2.45) is 7.05 Å². The number of hydrogen-bond donors (Lipinski definition) is 2. The Morgan fingerprint density at radius 1 is 1.27 bits per heavy atom. The maximum atomic E-state index is 15.2. The van der Waals surface area contributed by atoms with Gasteiger partial charge in [0.2, 0.25) is 0 Å². The molecule has 0 saturated carbocycles. The number of amides is 1. The van der Waals surface area contributed by atoms with Crippen molar-refractivity contribution >= 4 is 5.91 Å². The number of ether oxygens (including phenoxy) is 2. The van der Waals surface area contributed by atoms with Gasteiger partial charge in [-0.15, -0.1) is 0 Å². The van der Waals surface area contributed by atoms with E-state index in [2.05, 4.69) is 10.4 Å². The topological polar surface area (TPSA) is 85.6 Å². The fraction of sp³-hybridized carbons (Fsp3) is 0.360. The molecule has 2 atom stereocenters. The second kappa shape index (κ2) is 8.96. The highest BCUT2D eigenvalue weighted by atomic mass is 19.1. The van der Waals surface area contributed by atoms with Crippen LogP contribution < -0.4 is 10.1 Å². The van der Waals surface area contributed by atoms with Gasteiger partial charge in [-0.05, 0) is 29.2 Å². The Hall–Kier alpha value is -3.23. The summed E-state index contributed by atoms with van der Waals surface area (Å²) < 4.78 is 27.9. The van der Waals surface area contributed by atoms with Gasteiger partial charge in [0.1, 0.15) is 11.6 Å². The molecule has 0 aliphatic carbocycles. The van der Waals surface area contributed by atoms with Gasteiger partial charge in [-0.1, -0.05) is 24.3 Å². The Kier molecular flexibility index (Phi) is 5.86. The first-order valence-corrected chi connectivity index (χ1v) is 11.1. The number of aryl methyl sites for hydroxylation is 1. The smallest absolute Gasteiger partial charge is 0.254 e. The van der Waals surface area contributed by atoms with Gasteiger partial charge in [0.25, 0.3) is 5.91 Å². The molecule has 1 amide bonds. The molecule has 3 heterocycles. The highest BCUT2D eigenvalue weighted by Gasteiger charge is 2.30. The molecule has 0 bridgehead atoms. The van der Waals surface area contributed by atoms with Crippen molar-refractivity contribution in [3.8, 4) is 16.9 Å². The van der Waals surface area contributed by atoms with E-state index in [1.165, 1.54) is 0 Å². The van der Waals surface area contributed by atoms with Crippen LogP contribution in [0.5, 0.6) is 5.75 Å². The molecule has 7 nitrogen and oxygen atoms in total. The Morgan fingerprint density at radius 2 is 2.09 bits per heavy atom. The van der Waals surface area contributed by atoms with Gasteiger partial charge in [0.15, 0.2) is 0 Å². The van der Waals surface area contributed by atoms with E-state index >= 15 is 4.39 Å². The number of nitrogens with zero attached hydrogens (tertiary/aromatic N) is 2. The molecule has 0 unspecified atom stereocenters. The summed E-state index contributed by atoms with van der Waals surface area (Å²) >= 11 is 0. The summed E-state index contributed by atoms with van der Waals surface area (Å²) in [6.45, 7) is 0.998. The molecule has 1 fully saturated rings. The number of aliphatic hydroxyl groups excluding tert-OH is 1. The fourth-order valence-corrected chi connectivity index (χ4v) is 4.46. The van der Waals surface area contributed by atoms with E-state index in [4.69, 9.17) is 9.47 Å². The molecule has 8 heteroatoms. The van der Waals surface area contributed by atoms with Crippen LogP contribution in [-0.4, -0.2) is 52.8 Å². The van der Waals surface area contributed by atoms with Crippen molar-refractivity contribution in [3.05, 3.63) is 70.8 Å². The molecule has 2 aromatic carbocycles. The van der Waals surface area contributed by atoms with E-state index in [1.54, 1.807) is 10.7 Å². The maximum Gasteiger partial charge on any atom is 0.254 e. The number of halogens is 1. The number of fused-ring (bicyclic) bond motifs is 1. The SMILES string of the molecule is Cn1cc(-c2ccc(Cc3cc(C(=O)N[C@H]4CCOC[C@@H]4O)c(F)c4c3OCC4)cc2)cn1. The van der Waals surface area contributed by atoms with Crippen LogP contribution >= 0.6 is 0 Å². The third kappa shape index (κ3) is 4.36. The number of benzene rings is 2. The van der Waals surface area contributed by atoms with Gasteiger partial charge in [-0.2, -0.15) is 5.10 Å². The molecule has 33 heavy (non-hydrogen) atoms. The van der Waals surface area contributed by atoms with Crippen LogP contribution in [0.15, 0.2) is 42.7 Å². The zero-order chi connectivity index (χ0) is 22.9. The first-order chi connectivity index (χ1) is 16.0. The average molecular weight is 451 g/mol.